The molecule has 7 N–H and O–H groups in total. The molecule has 0 fully saturated rings. The van der Waals surface area contributed by atoms with Gasteiger partial charge in [-0.15, -0.1) is 0 Å². The first kappa shape index (κ1) is 20.5. The number of nitrogens with two attached hydrogens (primary N) is 2. The van der Waals surface area contributed by atoms with Crippen molar-refractivity contribution in [3.05, 3.63) is 70.3 Å². The Morgan fingerprint density at radius 2 is 1.74 bits per heavy atom. The number of carbonyl (C=O) groups is 1. The molecule has 0 bridgehead atoms. The molecule has 0 spiro atoms. The maximum absolute atomic E-state index is 12.9. The second-order valence-corrected chi connectivity index (χ2v) is 8.02. The fraction of sp³-hybridized carbons (Fsp3) is 0.261. The number of aryl methyl sites for hydroxylation is 1. The van der Waals surface area contributed by atoms with Crippen LogP contribution in [0, 0.1) is 17.7 Å². The second kappa shape index (κ2) is 8.14. The summed E-state index contributed by atoms with van der Waals surface area (Å²) < 4.78 is 0. The summed E-state index contributed by atoms with van der Waals surface area (Å²) in [6.07, 6.45) is 2.91. The first-order chi connectivity index (χ1) is 14.8. The van der Waals surface area contributed by atoms with Gasteiger partial charge in [0, 0.05) is 37.4 Å². The molecule has 0 radical (unpaired) electrons. The number of amides is 1. The van der Waals surface area contributed by atoms with Gasteiger partial charge < -0.3 is 26.6 Å². The molecule has 0 unspecified atom stereocenters. The van der Waals surface area contributed by atoms with E-state index >= 15 is 0 Å². The van der Waals surface area contributed by atoms with Crippen molar-refractivity contribution < 1.29 is 4.79 Å². The third kappa shape index (κ3) is 4.23. The molecular formula is C23H27N7O. The van der Waals surface area contributed by atoms with E-state index in [1.165, 1.54) is 5.57 Å². The first-order valence-corrected chi connectivity index (χ1v) is 10.2. The predicted molar refractivity (Wildman–Crippen MR) is 123 cm³/mol. The number of hydrogen-bond acceptors (Lipinski definition) is 3. The van der Waals surface area contributed by atoms with Crippen LogP contribution < -0.4 is 16.8 Å². The van der Waals surface area contributed by atoms with E-state index in [0.29, 0.717) is 25.2 Å². The lowest BCUT2D eigenvalue weighted by atomic mass is 9.95. The van der Waals surface area contributed by atoms with Gasteiger partial charge in [-0.25, -0.2) is 0 Å². The summed E-state index contributed by atoms with van der Waals surface area (Å²) in [7, 11) is 0. The average molecular weight is 418 g/mol. The molecule has 0 aliphatic carbocycles. The van der Waals surface area contributed by atoms with E-state index in [1.54, 1.807) is 4.90 Å². The fourth-order valence-corrected chi connectivity index (χ4v) is 4.11. The van der Waals surface area contributed by atoms with Gasteiger partial charge in [0.25, 0.3) is 5.91 Å². The SMILES string of the molecule is Cc1cc(C2=CCN(C(=N)N)CC2)ccc1C(=O)Nc1ccc2c(c1)CN(C(=N)N)C2. The van der Waals surface area contributed by atoms with Crippen molar-refractivity contribution in [3.8, 4) is 0 Å². The molecule has 8 heteroatoms. The van der Waals surface area contributed by atoms with Crippen LogP contribution in [0.25, 0.3) is 5.57 Å². The largest absolute Gasteiger partial charge is 0.370 e. The highest BCUT2D eigenvalue weighted by Crippen LogP contribution is 2.27. The van der Waals surface area contributed by atoms with Gasteiger partial charge in [0.15, 0.2) is 11.9 Å². The molecule has 0 aromatic heterocycles. The van der Waals surface area contributed by atoms with E-state index in [2.05, 4.69) is 11.4 Å². The van der Waals surface area contributed by atoms with E-state index in [0.717, 1.165) is 40.9 Å². The van der Waals surface area contributed by atoms with Gasteiger partial charge in [0.2, 0.25) is 0 Å². The van der Waals surface area contributed by atoms with Gasteiger partial charge in [0.1, 0.15) is 0 Å². The summed E-state index contributed by atoms with van der Waals surface area (Å²) in [4.78, 5) is 16.5. The van der Waals surface area contributed by atoms with E-state index in [1.807, 2.05) is 48.2 Å². The molecule has 31 heavy (non-hydrogen) atoms. The summed E-state index contributed by atoms with van der Waals surface area (Å²) in [5.74, 6) is 0.00411. The van der Waals surface area contributed by atoms with Crippen molar-refractivity contribution in [2.45, 2.75) is 26.4 Å². The van der Waals surface area contributed by atoms with Crippen LogP contribution >= 0.6 is 0 Å². The Balaban J connectivity index is 1.46. The zero-order valence-corrected chi connectivity index (χ0v) is 17.5. The number of guanidine groups is 2. The molecule has 2 heterocycles. The second-order valence-electron chi connectivity index (χ2n) is 8.02. The van der Waals surface area contributed by atoms with Crippen LogP contribution in [0.4, 0.5) is 5.69 Å². The normalized spacial score (nSPS) is 15.3. The summed E-state index contributed by atoms with van der Waals surface area (Å²) in [6, 6.07) is 11.7. The maximum Gasteiger partial charge on any atom is 0.255 e. The van der Waals surface area contributed by atoms with Crippen LogP contribution in [0.1, 0.15) is 39.0 Å². The smallest absolute Gasteiger partial charge is 0.255 e. The highest BCUT2D eigenvalue weighted by atomic mass is 16.1. The number of fused-ring (bicyclic) bond motifs is 1. The van der Waals surface area contributed by atoms with Crippen molar-refractivity contribution in [2.24, 2.45) is 11.5 Å². The van der Waals surface area contributed by atoms with E-state index in [4.69, 9.17) is 22.3 Å². The molecule has 2 aromatic carbocycles. The Kier molecular flexibility index (Phi) is 5.37. The van der Waals surface area contributed by atoms with Crippen LogP contribution in [0.2, 0.25) is 0 Å². The van der Waals surface area contributed by atoms with E-state index in [-0.39, 0.29) is 17.8 Å². The van der Waals surface area contributed by atoms with Crippen LogP contribution in [0.15, 0.2) is 42.5 Å². The lowest BCUT2D eigenvalue weighted by Crippen LogP contribution is -2.39. The lowest BCUT2D eigenvalue weighted by Gasteiger charge is -2.26. The van der Waals surface area contributed by atoms with Gasteiger partial charge in [-0.3, -0.25) is 15.6 Å². The monoisotopic (exact) mass is 417 g/mol. The van der Waals surface area contributed by atoms with Crippen molar-refractivity contribution >= 4 is 29.1 Å². The Morgan fingerprint density at radius 1 is 1.00 bits per heavy atom. The molecule has 2 aliphatic rings. The predicted octanol–water partition coefficient (Wildman–Crippen LogP) is 2.44. The number of carbonyl (C=O) groups excluding carboxylic acids is 1. The zero-order chi connectivity index (χ0) is 22.1. The summed E-state index contributed by atoms with van der Waals surface area (Å²) in [6.45, 7) is 4.50. The fourth-order valence-electron chi connectivity index (χ4n) is 4.11. The molecule has 2 aliphatic heterocycles. The van der Waals surface area contributed by atoms with E-state index < -0.39 is 0 Å². The summed E-state index contributed by atoms with van der Waals surface area (Å²) in [5.41, 5.74) is 17.9. The number of nitrogens with one attached hydrogen (secondary N) is 3. The summed E-state index contributed by atoms with van der Waals surface area (Å²) in [5, 5.41) is 18.1. The summed E-state index contributed by atoms with van der Waals surface area (Å²) >= 11 is 0. The van der Waals surface area contributed by atoms with Crippen molar-refractivity contribution in [1.29, 1.82) is 10.8 Å². The standard InChI is InChI=1S/C23H27N7O/c1-14-10-16(15-6-8-29(9-7-15)22(24)25)3-5-20(14)21(31)28-19-4-2-17-12-30(23(26)27)13-18(17)11-19/h2-6,10-11H,7-9,12-13H2,1H3,(H3,24,25)(H3,26,27)(H,28,31). The average Bonchev–Trinajstić information content (AvgIpc) is 3.17. The minimum Gasteiger partial charge on any atom is -0.370 e. The molecule has 2 aromatic rings. The minimum atomic E-state index is -0.147. The van der Waals surface area contributed by atoms with Crippen LogP contribution in [0.3, 0.4) is 0 Å². The molecular weight excluding hydrogens is 390 g/mol. The number of rotatable bonds is 3. The number of nitrogens with zero attached hydrogens (tertiary/aromatic N) is 2. The van der Waals surface area contributed by atoms with Crippen molar-refractivity contribution in [3.63, 3.8) is 0 Å². The number of hydrogen-bond donors (Lipinski definition) is 5. The van der Waals surface area contributed by atoms with Crippen molar-refractivity contribution in [2.75, 3.05) is 18.4 Å². The molecule has 4 rings (SSSR count). The molecule has 0 saturated heterocycles. The Bertz CT molecular complexity index is 1110. The van der Waals surface area contributed by atoms with Gasteiger partial charge in [-0.1, -0.05) is 24.3 Å². The maximum atomic E-state index is 12.9. The van der Waals surface area contributed by atoms with Crippen molar-refractivity contribution in [1.82, 2.24) is 9.80 Å². The highest BCUT2D eigenvalue weighted by molar-refractivity contribution is 6.05. The Hall–Kier alpha value is -3.81. The van der Waals surface area contributed by atoms with E-state index in [9.17, 15) is 4.79 Å². The van der Waals surface area contributed by atoms with Gasteiger partial charge in [-0.2, -0.15) is 0 Å². The molecule has 0 atom stereocenters. The molecule has 1 amide bonds. The van der Waals surface area contributed by atoms with Gasteiger partial charge in [-0.05, 0) is 59.4 Å². The molecule has 160 valence electrons. The number of anilines is 1. The molecule has 8 nitrogen and oxygen atoms in total. The zero-order valence-electron chi connectivity index (χ0n) is 17.5. The topological polar surface area (TPSA) is 135 Å². The lowest BCUT2D eigenvalue weighted by molar-refractivity contribution is 0.102. The van der Waals surface area contributed by atoms with Crippen LogP contribution in [0.5, 0.6) is 0 Å². The van der Waals surface area contributed by atoms with Crippen LogP contribution in [-0.2, 0) is 13.1 Å². The third-order valence-electron chi connectivity index (χ3n) is 5.92. The van der Waals surface area contributed by atoms with Crippen LogP contribution in [-0.4, -0.2) is 40.7 Å². The molecule has 0 saturated carbocycles. The minimum absolute atomic E-state index is 0.0552. The van der Waals surface area contributed by atoms with Gasteiger partial charge >= 0.3 is 0 Å². The third-order valence-corrected chi connectivity index (χ3v) is 5.92. The Labute approximate surface area is 181 Å². The van der Waals surface area contributed by atoms with Gasteiger partial charge in [0.05, 0.1) is 0 Å². The Morgan fingerprint density at radius 3 is 2.39 bits per heavy atom. The number of benzene rings is 2. The highest BCUT2D eigenvalue weighted by Gasteiger charge is 2.21. The quantitative estimate of drug-likeness (QED) is 0.386. The first-order valence-electron chi connectivity index (χ1n) is 10.2.